The molecule has 2 aromatic rings. The molecule has 0 saturated heterocycles. The molecule has 7 heteroatoms. The van der Waals surface area contributed by atoms with E-state index in [1.807, 2.05) is 6.92 Å². The highest BCUT2D eigenvalue weighted by molar-refractivity contribution is 5.97. The summed E-state index contributed by atoms with van der Waals surface area (Å²) < 4.78 is 28.7. The first kappa shape index (κ1) is 22.4. The second-order valence-electron chi connectivity index (χ2n) is 6.43. The standard InChI is InChI=1S/C22H26FNO5/c1-4-11-29-20(22(26)28-3)13-16-7-10-19(27-2)18(12-16)21(25)24-14-15-5-8-17(23)9-6-15/h5-10,12,20H,4,11,13-14H2,1-3H3,(H,24,25). The summed E-state index contributed by atoms with van der Waals surface area (Å²) in [5, 5.41) is 2.79. The Hall–Kier alpha value is -2.93. The topological polar surface area (TPSA) is 73.9 Å². The summed E-state index contributed by atoms with van der Waals surface area (Å²) in [4.78, 5) is 24.6. The van der Waals surface area contributed by atoms with Crippen LogP contribution in [-0.2, 0) is 27.2 Å². The molecular formula is C22H26FNO5. The van der Waals surface area contributed by atoms with E-state index < -0.39 is 12.1 Å². The summed E-state index contributed by atoms with van der Waals surface area (Å²) in [5.74, 6) is -0.719. The van der Waals surface area contributed by atoms with Crippen LogP contribution >= 0.6 is 0 Å². The van der Waals surface area contributed by atoms with Gasteiger partial charge in [-0.3, -0.25) is 4.79 Å². The monoisotopic (exact) mass is 403 g/mol. The lowest BCUT2D eigenvalue weighted by molar-refractivity contribution is -0.154. The van der Waals surface area contributed by atoms with Gasteiger partial charge in [0.1, 0.15) is 11.6 Å². The molecule has 0 bridgehead atoms. The van der Waals surface area contributed by atoms with Gasteiger partial charge in [0.05, 0.1) is 19.8 Å². The zero-order valence-electron chi connectivity index (χ0n) is 16.9. The maximum absolute atomic E-state index is 13.0. The van der Waals surface area contributed by atoms with E-state index in [2.05, 4.69) is 5.32 Å². The number of carbonyl (C=O) groups excluding carboxylic acids is 2. The van der Waals surface area contributed by atoms with Crippen LogP contribution in [0.1, 0.15) is 34.8 Å². The Labute approximate surface area is 170 Å². The van der Waals surface area contributed by atoms with Gasteiger partial charge < -0.3 is 19.5 Å². The molecule has 0 heterocycles. The molecule has 0 aromatic heterocycles. The summed E-state index contributed by atoms with van der Waals surface area (Å²) in [7, 11) is 2.79. The van der Waals surface area contributed by atoms with Gasteiger partial charge in [0.2, 0.25) is 0 Å². The summed E-state index contributed by atoms with van der Waals surface area (Å²) in [6.07, 6.45) is 0.297. The molecule has 1 N–H and O–H groups in total. The van der Waals surface area contributed by atoms with Crippen LogP contribution in [0.4, 0.5) is 4.39 Å². The van der Waals surface area contributed by atoms with Crippen molar-refractivity contribution in [3.8, 4) is 5.75 Å². The van der Waals surface area contributed by atoms with Crippen molar-refractivity contribution >= 4 is 11.9 Å². The first-order chi connectivity index (χ1) is 14.0. The first-order valence-electron chi connectivity index (χ1n) is 9.37. The van der Waals surface area contributed by atoms with Gasteiger partial charge >= 0.3 is 5.97 Å². The second kappa shape index (κ2) is 11.2. The summed E-state index contributed by atoms with van der Waals surface area (Å²) in [6, 6.07) is 11.0. The van der Waals surface area contributed by atoms with Gasteiger partial charge in [-0.2, -0.15) is 0 Å². The summed E-state index contributed by atoms with van der Waals surface area (Å²) >= 11 is 0. The minimum atomic E-state index is -0.747. The number of benzene rings is 2. The molecule has 2 aromatic carbocycles. The third kappa shape index (κ3) is 6.57. The molecule has 0 aliphatic carbocycles. The van der Waals surface area contributed by atoms with Crippen molar-refractivity contribution < 1.29 is 28.2 Å². The lowest BCUT2D eigenvalue weighted by Gasteiger charge is -2.17. The molecular weight excluding hydrogens is 377 g/mol. The van der Waals surface area contributed by atoms with Gasteiger partial charge in [0.15, 0.2) is 6.10 Å². The van der Waals surface area contributed by atoms with Crippen molar-refractivity contribution in [2.75, 3.05) is 20.8 Å². The van der Waals surface area contributed by atoms with Gasteiger partial charge in [-0.15, -0.1) is 0 Å². The van der Waals surface area contributed by atoms with Gasteiger partial charge in [-0.25, -0.2) is 9.18 Å². The quantitative estimate of drug-likeness (QED) is 0.617. The number of ether oxygens (including phenoxy) is 3. The number of esters is 1. The van der Waals surface area contributed by atoms with E-state index in [1.54, 1.807) is 30.3 Å². The Balaban J connectivity index is 2.14. The van der Waals surface area contributed by atoms with Crippen molar-refractivity contribution in [3.05, 3.63) is 65.0 Å². The maximum Gasteiger partial charge on any atom is 0.335 e. The van der Waals surface area contributed by atoms with Crippen molar-refractivity contribution in [2.24, 2.45) is 0 Å². The van der Waals surface area contributed by atoms with Crippen LogP contribution in [0.5, 0.6) is 5.75 Å². The van der Waals surface area contributed by atoms with Crippen molar-refractivity contribution in [3.63, 3.8) is 0 Å². The van der Waals surface area contributed by atoms with Crippen molar-refractivity contribution in [2.45, 2.75) is 32.4 Å². The summed E-state index contributed by atoms with van der Waals surface area (Å²) in [6.45, 7) is 2.63. The third-order valence-electron chi connectivity index (χ3n) is 4.28. The number of methoxy groups -OCH3 is 2. The molecule has 1 atom stereocenters. The molecule has 1 unspecified atom stereocenters. The second-order valence-corrected chi connectivity index (χ2v) is 6.43. The van der Waals surface area contributed by atoms with Crippen molar-refractivity contribution in [1.29, 1.82) is 0 Å². The average molecular weight is 403 g/mol. The summed E-state index contributed by atoms with van der Waals surface area (Å²) in [5.41, 5.74) is 1.85. The normalized spacial score (nSPS) is 11.6. The van der Waals surface area contributed by atoms with Gasteiger partial charge in [0, 0.05) is 19.6 Å². The fraction of sp³-hybridized carbons (Fsp3) is 0.364. The third-order valence-corrected chi connectivity index (χ3v) is 4.28. The lowest BCUT2D eigenvalue weighted by atomic mass is 10.0. The van der Waals surface area contributed by atoms with Crippen molar-refractivity contribution in [1.82, 2.24) is 5.32 Å². The van der Waals surface area contributed by atoms with Gasteiger partial charge in [-0.1, -0.05) is 25.1 Å². The van der Waals surface area contributed by atoms with Crippen LogP contribution in [0.2, 0.25) is 0 Å². The van der Waals surface area contributed by atoms with E-state index in [9.17, 15) is 14.0 Å². The molecule has 0 radical (unpaired) electrons. The van der Waals surface area contributed by atoms with Crippen LogP contribution in [0.25, 0.3) is 0 Å². The molecule has 6 nitrogen and oxygen atoms in total. The maximum atomic E-state index is 13.0. The number of halogens is 1. The number of amides is 1. The van der Waals surface area contributed by atoms with E-state index in [0.29, 0.717) is 17.9 Å². The minimum absolute atomic E-state index is 0.247. The van der Waals surface area contributed by atoms with Crippen LogP contribution in [0.15, 0.2) is 42.5 Å². The number of hydrogen-bond donors (Lipinski definition) is 1. The fourth-order valence-electron chi connectivity index (χ4n) is 2.76. The number of carbonyl (C=O) groups is 2. The fourth-order valence-corrected chi connectivity index (χ4v) is 2.76. The zero-order valence-corrected chi connectivity index (χ0v) is 16.9. The highest BCUT2D eigenvalue weighted by atomic mass is 19.1. The minimum Gasteiger partial charge on any atom is -0.496 e. The van der Waals surface area contributed by atoms with E-state index in [1.165, 1.54) is 26.4 Å². The molecule has 0 spiro atoms. The Bertz CT molecular complexity index is 822. The van der Waals surface area contributed by atoms with E-state index >= 15 is 0 Å². The Morgan fingerprint density at radius 1 is 1.07 bits per heavy atom. The largest absolute Gasteiger partial charge is 0.496 e. The molecule has 0 aliphatic rings. The molecule has 0 fully saturated rings. The molecule has 2 rings (SSSR count). The number of rotatable bonds is 10. The number of nitrogens with one attached hydrogen (secondary N) is 1. The van der Waals surface area contributed by atoms with Crippen LogP contribution < -0.4 is 10.1 Å². The van der Waals surface area contributed by atoms with Crippen LogP contribution in [0, 0.1) is 5.82 Å². The lowest BCUT2D eigenvalue weighted by Crippen LogP contribution is -2.29. The Kier molecular flexibility index (Phi) is 8.61. The smallest absolute Gasteiger partial charge is 0.335 e. The van der Waals surface area contributed by atoms with Crippen LogP contribution in [0.3, 0.4) is 0 Å². The van der Waals surface area contributed by atoms with E-state index in [4.69, 9.17) is 14.2 Å². The van der Waals surface area contributed by atoms with Crippen LogP contribution in [-0.4, -0.2) is 38.8 Å². The Morgan fingerprint density at radius 2 is 1.76 bits per heavy atom. The molecule has 156 valence electrons. The SMILES string of the molecule is CCCOC(Cc1ccc(OC)c(C(=O)NCc2ccc(F)cc2)c1)C(=O)OC. The average Bonchev–Trinajstić information content (AvgIpc) is 2.75. The number of hydrogen-bond acceptors (Lipinski definition) is 5. The first-order valence-corrected chi connectivity index (χ1v) is 9.37. The zero-order chi connectivity index (χ0) is 21.2. The predicted octanol–water partition coefficient (Wildman–Crippen LogP) is 3.28. The van der Waals surface area contributed by atoms with E-state index in [-0.39, 0.29) is 24.7 Å². The van der Waals surface area contributed by atoms with E-state index in [0.717, 1.165) is 17.5 Å². The highest BCUT2D eigenvalue weighted by Gasteiger charge is 2.22. The van der Waals surface area contributed by atoms with Gasteiger partial charge in [0.25, 0.3) is 5.91 Å². The molecule has 0 saturated carbocycles. The molecule has 29 heavy (non-hydrogen) atoms. The van der Waals surface area contributed by atoms with Gasteiger partial charge in [-0.05, 0) is 41.8 Å². The highest BCUT2D eigenvalue weighted by Crippen LogP contribution is 2.22. The molecule has 0 aliphatic heterocycles. The Morgan fingerprint density at radius 3 is 2.38 bits per heavy atom. The predicted molar refractivity (Wildman–Crippen MR) is 106 cm³/mol. The molecule has 1 amide bonds.